The van der Waals surface area contributed by atoms with Gasteiger partial charge in [0.1, 0.15) is 5.82 Å². The molecule has 30 heavy (non-hydrogen) atoms. The van der Waals surface area contributed by atoms with E-state index in [-0.39, 0.29) is 12.0 Å². The number of nitrogens with zero attached hydrogens (tertiary/aromatic N) is 4. The molecule has 1 unspecified atom stereocenters. The molecule has 1 aliphatic rings. The van der Waals surface area contributed by atoms with Gasteiger partial charge in [0, 0.05) is 44.5 Å². The number of morpholine rings is 1. The first kappa shape index (κ1) is 22.3. The lowest BCUT2D eigenvalue weighted by molar-refractivity contribution is -0.121. The first-order valence-corrected chi connectivity index (χ1v) is 10.9. The summed E-state index contributed by atoms with van der Waals surface area (Å²) in [5, 5.41) is 7.65. The molecule has 0 radical (unpaired) electrons. The Morgan fingerprint density at radius 3 is 2.80 bits per heavy atom. The summed E-state index contributed by atoms with van der Waals surface area (Å²) in [7, 11) is 0. The highest BCUT2D eigenvalue weighted by Gasteiger charge is 2.18. The summed E-state index contributed by atoms with van der Waals surface area (Å²) in [6, 6.07) is 4.06. The number of aryl methyl sites for hydroxylation is 1. The summed E-state index contributed by atoms with van der Waals surface area (Å²) in [6.07, 6.45) is 3.25. The third-order valence-electron chi connectivity index (χ3n) is 5.54. The van der Waals surface area contributed by atoms with Gasteiger partial charge in [-0.25, -0.2) is 4.98 Å². The van der Waals surface area contributed by atoms with E-state index in [9.17, 15) is 4.79 Å². The molecule has 7 heteroatoms. The van der Waals surface area contributed by atoms with Gasteiger partial charge in [0.05, 0.1) is 18.4 Å². The quantitative estimate of drug-likeness (QED) is 0.720. The van der Waals surface area contributed by atoms with Gasteiger partial charge in [0.25, 0.3) is 0 Å². The zero-order chi connectivity index (χ0) is 21.7. The average molecular weight is 414 g/mol. The second-order valence-electron chi connectivity index (χ2n) is 8.65. The molecule has 0 spiro atoms. The number of rotatable bonds is 8. The molecule has 1 saturated heterocycles. The highest BCUT2D eigenvalue weighted by molar-refractivity contribution is 5.76. The Kier molecular flexibility index (Phi) is 7.48. The van der Waals surface area contributed by atoms with Gasteiger partial charge < -0.3 is 15.0 Å². The van der Waals surface area contributed by atoms with Crippen LogP contribution in [0.5, 0.6) is 0 Å². The molecule has 0 aliphatic carbocycles. The first-order valence-electron chi connectivity index (χ1n) is 10.9. The minimum atomic E-state index is 0.0523. The molecule has 7 nitrogen and oxygen atoms in total. The number of amides is 1. The predicted octanol–water partition coefficient (Wildman–Crippen LogP) is 3.03. The molecular weight excluding hydrogens is 378 g/mol. The van der Waals surface area contributed by atoms with Crippen LogP contribution in [0.4, 0.5) is 5.82 Å². The van der Waals surface area contributed by atoms with Gasteiger partial charge in [0.2, 0.25) is 5.91 Å². The fourth-order valence-corrected chi connectivity index (χ4v) is 3.88. The topological polar surface area (TPSA) is 72.3 Å². The average Bonchev–Trinajstić information content (AvgIpc) is 2.97. The Bertz CT molecular complexity index is 844. The zero-order valence-corrected chi connectivity index (χ0v) is 18.9. The van der Waals surface area contributed by atoms with Crippen molar-refractivity contribution in [1.29, 1.82) is 0 Å². The molecule has 164 valence electrons. The van der Waals surface area contributed by atoms with Gasteiger partial charge in [-0.15, -0.1) is 0 Å². The van der Waals surface area contributed by atoms with E-state index in [0.29, 0.717) is 25.3 Å². The van der Waals surface area contributed by atoms with Crippen molar-refractivity contribution in [3.05, 3.63) is 40.8 Å². The number of ether oxygens (including phenoxy) is 1. The number of carbonyl (C=O) groups excluding carboxylic acids is 1. The standard InChI is InChI=1S/C23H35N5O2/c1-16(2)14-28-19(5)21(18(4)26-28)7-9-23(29)25-13-20-6-8-22(24-12-20)27-10-11-30-17(3)15-27/h6,8,12,16-17H,7,9-11,13-15H2,1-5H3,(H,25,29). The molecule has 1 N–H and O–H groups in total. The van der Waals surface area contributed by atoms with E-state index in [1.165, 1.54) is 11.3 Å². The van der Waals surface area contributed by atoms with E-state index in [1.807, 2.05) is 25.3 Å². The van der Waals surface area contributed by atoms with Gasteiger partial charge in [-0.1, -0.05) is 19.9 Å². The maximum absolute atomic E-state index is 12.4. The summed E-state index contributed by atoms with van der Waals surface area (Å²) in [5.74, 6) is 1.56. The van der Waals surface area contributed by atoms with Crippen LogP contribution in [-0.2, 0) is 29.0 Å². The molecule has 0 bridgehead atoms. The molecule has 1 aliphatic heterocycles. The van der Waals surface area contributed by atoms with Crippen molar-refractivity contribution in [2.45, 2.75) is 66.7 Å². The molecule has 3 heterocycles. The fourth-order valence-electron chi connectivity index (χ4n) is 3.88. The lowest BCUT2D eigenvalue weighted by Gasteiger charge is -2.32. The van der Waals surface area contributed by atoms with Crippen LogP contribution in [0.3, 0.4) is 0 Å². The van der Waals surface area contributed by atoms with Crippen LogP contribution < -0.4 is 10.2 Å². The lowest BCUT2D eigenvalue weighted by atomic mass is 10.1. The smallest absolute Gasteiger partial charge is 0.220 e. The Morgan fingerprint density at radius 2 is 2.13 bits per heavy atom. The normalized spacial score (nSPS) is 16.9. The van der Waals surface area contributed by atoms with Gasteiger partial charge in [0.15, 0.2) is 0 Å². The highest BCUT2D eigenvalue weighted by Crippen LogP contribution is 2.17. The van der Waals surface area contributed by atoms with Gasteiger partial charge in [-0.2, -0.15) is 5.10 Å². The van der Waals surface area contributed by atoms with E-state index in [4.69, 9.17) is 4.74 Å². The van der Waals surface area contributed by atoms with Crippen LogP contribution in [0.1, 0.15) is 49.7 Å². The third kappa shape index (κ3) is 5.81. The van der Waals surface area contributed by atoms with Crippen molar-refractivity contribution >= 4 is 11.7 Å². The van der Waals surface area contributed by atoms with E-state index in [2.05, 4.69) is 52.7 Å². The zero-order valence-electron chi connectivity index (χ0n) is 18.9. The van der Waals surface area contributed by atoms with E-state index in [0.717, 1.165) is 43.3 Å². The highest BCUT2D eigenvalue weighted by atomic mass is 16.5. The molecule has 1 fully saturated rings. The summed E-state index contributed by atoms with van der Waals surface area (Å²) in [4.78, 5) is 19.2. The molecule has 0 saturated carbocycles. The maximum atomic E-state index is 12.4. The molecule has 3 rings (SSSR count). The molecule has 2 aromatic heterocycles. The molecule has 1 amide bonds. The van der Waals surface area contributed by atoms with Crippen molar-refractivity contribution in [3.8, 4) is 0 Å². The SMILES string of the molecule is Cc1nn(CC(C)C)c(C)c1CCC(=O)NCc1ccc(N2CCOC(C)C2)nc1. The van der Waals surface area contributed by atoms with Crippen LogP contribution in [0, 0.1) is 19.8 Å². The van der Waals surface area contributed by atoms with Crippen LogP contribution in [0.2, 0.25) is 0 Å². The predicted molar refractivity (Wildman–Crippen MR) is 119 cm³/mol. The van der Waals surface area contributed by atoms with Gasteiger partial charge >= 0.3 is 0 Å². The molecular formula is C23H35N5O2. The number of hydrogen-bond acceptors (Lipinski definition) is 5. The Labute approximate surface area is 179 Å². The minimum absolute atomic E-state index is 0.0523. The van der Waals surface area contributed by atoms with Gasteiger partial charge in [-0.05, 0) is 50.3 Å². The van der Waals surface area contributed by atoms with Crippen LogP contribution in [0.25, 0.3) is 0 Å². The van der Waals surface area contributed by atoms with Crippen molar-refractivity contribution in [1.82, 2.24) is 20.1 Å². The Hall–Kier alpha value is -2.41. The van der Waals surface area contributed by atoms with Crippen LogP contribution >= 0.6 is 0 Å². The summed E-state index contributed by atoms with van der Waals surface area (Å²) < 4.78 is 7.65. The van der Waals surface area contributed by atoms with Crippen LogP contribution in [-0.4, -0.2) is 46.5 Å². The summed E-state index contributed by atoms with van der Waals surface area (Å²) >= 11 is 0. The number of nitrogens with one attached hydrogen (secondary N) is 1. The van der Waals surface area contributed by atoms with E-state index in [1.54, 1.807) is 0 Å². The lowest BCUT2D eigenvalue weighted by Crippen LogP contribution is -2.41. The maximum Gasteiger partial charge on any atom is 0.220 e. The number of carbonyl (C=O) groups is 1. The molecule has 1 atom stereocenters. The van der Waals surface area contributed by atoms with Gasteiger partial charge in [-0.3, -0.25) is 9.48 Å². The van der Waals surface area contributed by atoms with Crippen molar-refractivity contribution in [2.24, 2.45) is 5.92 Å². The summed E-state index contributed by atoms with van der Waals surface area (Å²) in [6.45, 7) is 14.4. The van der Waals surface area contributed by atoms with Crippen LogP contribution in [0.15, 0.2) is 18.3 Å². The Morgan fingerprint density at radius 1 is 1.33 bits per heavy atom. The Balaban J connectivity index is 1.47. The number of pyridine rings is 1. The molecule has 0 aromatic carbocycles. The number of anilines is 1. The minimum Gasteiger partial charge on any atom is -0.375 e. The fraction of sp³-hybridized carbons (Fsp3) is 0.609. The number of aromatic nitrogens is 3. The van der Waals surface area contributed by atoms with E-state index < -0.39 is 0 Å². The summed E-state index contributed by atoms with van der Waals surface area (Å²) in [5.41, 5.74) is 4.39. The van der Waals surface area contributed by atoms with Crippen molar-refractivity contribution in [3.63, 3.8) is 0 Å². The monoisotopic (exact) mass is 413 g/mol. The largest absolute Gasteiger partial charge is 0.375 e. The van der Waals surface area contributed by atoms with Crippen molar-refractivity contribution < 1.29 is 9.53 Å². The van der Waals surface area contributed by atoms with Crippen molar-refractivity contribution in [2.75, 3.05) is 24.6 Å². The second-order valence-corrected chi connectivity index (χ2v) is 8.65. The molecule has 2 aromatic rings. The first-order chi connectivity index (χ1) is 14.3. The number of hydrogen-bond donors (Lipinski definition) is 1. The third-order valence-corrected chi connectivity index (χ3v) is 5.54. The van der Waals surface area contributed by atoms with E-state index >= 15 is 0 Å². The second kappa shape index (κ2) is 10.1.